The summed E-state index contributed by atoms with van der Waals surface area (Å²) < 4.78 is 52.4. The molecule has 2 aromatic rings. The van der Waals surface area contributed by atoms with E-state index >= 15 is 0 Å². The van der Waals surface area contributed by atoms with E-state index in [1.165, 1.54) is 13.0 Å². The molecule has 0 bridgehead atoms. The molecular weight excluding hydrogens is 443 g/mol. The maximum Gasteiger partial charge on any atom is 0.434 e. The number of piperidine rings is 1. The Labute approximate surface area is 187 Å². The van der Waals surface area contributed by atoms with Gasteiger partial charge in [0.1, 0.15) is 6.10 Å². The van der Waals surface area contributed by atoms with Gasteiger partial charge in [-0.2, -0.15) is 18.2 Å². The number of likely N-dealkylation sites (tertiary alicyclic amines) is 1. The number of rotatable bonds is 4. The van der Waals surface area contributed by atoms with Gasteiger partial charge in [-0.15, -0.1) is 0 Å². The molecule has 4 rings (SSSR count). The second-order valence-corrected chi connectivity index (χ2v) is 7.80. The van der Waals surface area contributed by atoms with E-state index in [4.69, 9.17) is 15.2 Å². The Bertz CT molecular complexity index is 1010. The van der Waals surface area contributed by atoms with E-state index in [0.717, 1.165) is 6.20 Å². The number of nitrogens with two attached hydrogens (primary N) is 1. The molecule has 2 aromatic heterocycles. The summed E-state index contributed by atoms with van der Waals surface area (Å²) in [6.07, 6.45) is -2.80. The fraction of sp³-hybridized carbons (Fsp3) is 0.550. The summed E-state index contributed by atoms with van der Waals surface area (Å²) in [5.41, 5.74) is 3.89. The lowest BCUT2D eigenvalue weighted by atomic mass is 10.1. The Morgan fingerprint density at radius 1 is 1.15 bits per heavy atom. The average molecular weight is 467 g/mol. The van der Waals surface area contributed by atoms with Gasteiger partial charge in [-0.1, -0.05) is 0 Å². The van der Waals surface area contributed by atoms with Crippen LogP contribution in [-0.4, -0.2) is 76.2 Å². The van der Waals surface area contributed by atoms with Gasteiger partial charge in [-0.05, 0) is 0 Å². The number of hydrogen-bond donors (Lipinski definition) is 1. The van der Waals surface area contributed by atoms with Crippen LogP contribution in [0.3, 0.4) is 0 Å². The highest BCUT2D eigenvalue weighted by atomic mass is 19.4. The lowest BCUT2D eigenvalue weighted by Crippen LogP contribution is -2.41. The normalized spacial score (nSPS) is 17.8. The van der Waals surface area contributed by atoms with E-state index in [-0.39, 0.29) is 35.1 Å². The van der Waals surface area contributed by atoms with Gasteiger partial charge in [0.15, 0.2) is 5.69 Å². The maximum atomic E-state index is 13.7. The van der Waals surface area contributed by atoms with Crippen LogP contribution < -0.4 is 15.4 Å². The van der Waals surface area contributed by atoms with Crippen LogP contribution in [0, 0.1) is 0 Å². The minimum atomic E-state index is -4.75. The fourth-order valence-corrected chi connectivity index (χ4v) is 3.77. The van der Waals surface area contributed by atoms with Gasteiger partial charge in [0.2, 0.25) is 23.7 Å². The first-order valence-corrected chi connectivity index (χ1v) is 10.5. The van der Waals surface area contributed by atoms with E-state index in [1.54, 1.807) is 4.90 Å². The molecule has 2 aliphatic rings. The van der Waals surface area contributed by atoms with E-state index in [1.807, 2.05) is 4.90 Å². The van der Waals surface area contributed by atoms with Crippen molar-refractivity contribution in [3.8, 4) is 17.1 Å². The second kappa shape index (κ2) is 9.33. The number of alkyl halides is 3. The monoisotopic (exact) mass is 467 g/mol. The van der Waals surface area contributed by atoms with Crippen molar-refractivity contribution in [1.29, 1.82) is 0 Å². The maximum absolute atomic E-state index is 13.7. The third-order valence-electron chi connectivity index (χ3n) is 5.51. The van der Waals surface area contributed by atoms with E-state index in [0.29, 0.717) is 52.2 Å². The zero-order valence-electron chi connectivity index (χ0n) is 18.0. The predicted octanol–water partition coefficient (Wildman–Crippen LogP) is 1.76. The minimum Gasteiger partial charge on any atom is -0.474 e. The number of aromatic nitrogens is 4. The molecule has 0 saturated carbocycles. The molecule has 1 amide bonds. The number of morpholine rings is 1. The van der Waals surface area contributed by atoms with Gasteiger partial charge in [0.05, 0.1) is 18.9 Å². The molecule has 0 unspecified atom stereocenters. The summed E-state index contributed by atoms with van der Waals surface area (Å²) in [7, 11) is 0. The average Bonchev–Trinajstić information content (AvgIpc) is 2.79. The Kier molecular flexibility index (Phi) is 6.49. The molecule has 0 aromatic carbocycles. The van der Waals surface area contributed by atoms with E-state index in [2.05, 4.69) is 19.9 Å². The van der Waals surface area contributed by atoms with Crippen molar-refractivity contribution in [1.82, 2.24) is 24.8 Å². The molecule has 178 valence electrons. The number of ether oxygens (including phenoxy) is 2. The molecule has 13 heteroatoms. The van der Waals surface area contributed by atoms with E-state index < -0.39 is 17.8 Å². The van der Waals surface area contributed by atoms with Crippen molar-refractivity contribution in [3.05, 3.63) is 18.0 Å². The van der Waals surface area contributed by atoms with Gasteiger partial charge < -0.3 is 25.0 Å². The third-order valence-corrected chi connectivity index (χ3v) is 5.51. The summed E-state index contributed by atoms with van der Waals surface area (Å²) >= 11 is 0. The second-order valence-electron chi connectivity index (χ2n) is 7.80. The molecular formula is C20H24F3N7O3. The summed E-state index contributed by atoms with van der Waals surface area (Å²) in [5.74, 6) is -0.109. The molecule has 4 heterocycles. The number of nitrogens with zero attached hydrogens (tertiary/aromatic N) is 6. The zero-order valence-corrected chi connectivity index (χ0v) is 18.0. The van der Waals surface area contributed by atoms with Crippen molar-refractivity contribution in [2.45, 2.75) is 32.0 Å². The summed E-state index contributed by atoms with van der Waals surface area (Å²) in [4.78, 5) is 31.1. The van der Waals surface area contributed by atoms with E-state index in [9.17, 15) is 18.0 Å². The van der Waals surface area contributed by atoms with Crippen LogP contribution in [-0.2, 0) is 15.7 Å². The third kappa shape index (κ3) is 5.41. The molecule has 2 saturated heterocycles. The first-order chi connectivity index (χ1) is 15.7. The molecule has 33 heavy (non-hydrogen) atoms. The highest BCUT2D eigenvalue weighted by Gasteiger charge is 2.37. The fourth-order valence-electron chi connectivity index (χ4n) is 3.77. The standard InChI is InChI=1S/C20H24F3N7O3/c1-12(31)29-4-2-13(3-5-29)33-16-10-15(26-19(27-16)30-6-8-32-9-7-30)14-11-25-18(24)28-17(14)20(21,22)23/h10-11,13H,2-9H2,1H3,(H2,24,25,28). The summed E-state index contributed by atoms with van der Waals surface area (Å²) in [5, 5.41) is 0. The number of anilines is 2. The topological polar surface area (TPSA) is 120 Å². The highest BCUT2D eigenvalue weighted by molar-refractivity contribution is 5.73. The Balaban J connectivity index is 1.68. The van der Waals surface area contributed by atoms with Crippen LogP contribution in [0.5, 0.6) is 5.88 Å². The van der Waals surface area contributed by atoms with Crippen LogP contribution in [0.2, 0.25) is 0 Å². The number of halogens is 3. The van der Waals surface area contributed by atoms with Gasteiger partial charge in [0, 0.05) is 63.8 Å². The predicted molar refractivity (Wildman–Crippen MR) is 111 cm³/mol. The lowest BCUT2D eigenvalue weighted by molar-refractivity contribution is -0.140. The summed E-state index contributed by atoms with van der Waals surface area (Å²) in [6, 6.07) is 1.35. The van der Waals surface area contributed by atoms with Gasteiger partial charge in [-0.3, -0.25) is 4.79 Å². The number of carbonyl (C=O) groups is 1. The molecule has 0 spiro atoms. The zero-order chi connectivity index (χ0) is 23.6. The number of nitrogen functional groups attached to an aromatic ring is 1. The van der Waals surface area contributed by atoms with Crippen molar-refractivity contribution < 1.29 is 27.4 Å². The molecule has 2 N–H and O–H groups in total. The number of hydrogen-bond acceptors (Lipinski definition) is 9. The highest BCUT2D eigenvalue weighted by Crippen LogP contribution is 2.36. The van der Waals surface area contributed by atoms with Crippen LogP contribution >= 0.6 is 0 Å². The number of amides is 1. The van der Waals surface area contributed by atoms with Crippen molar-refractivity contribution in [2.24, 2.45) is 0 Å². The van der Waals surface area contributed by atoms with Gasteiger partial charge >= 0.3 is 6.18 Å². The molecule has 0 aliphatic carbocycles. The van der Waals surface area contributed by atoms with Crippen molar-refractivity contribution >= 4 is 17.8 Å². The lowest BCUT2D eigenvalue weighted by Gasteiger charge is -2.31. The van der Waals surface area contributed by atoms with Crippen LogP contribution in [0.25, 0.3) is 11.3 Å². The summed E-state index contributed by atoms with van der Waals surface area (Å²) in [6.45, 7) is 4.47. The van der Waals surface area contributed by atoms with Crippen molar-refractivity contribution in [2.75, 3.05) is 50.0 Å². The Hall–Kier alpha value is -3.22. The molecule has 0 radical (unpaired) electrons. The SMILES string of the molecule is CC(=O)N1CCC(Oc2cc(-c3cnc(N)nc3C(F)(F)F)nc(N3CCOCC3)n2)CC1. The largest absolute Gasteiger partial charge is 0.474 e. The molecule has 2 fully saturated rings. The van der Waals surface area contributed by atoms with Gasteiger partial charge in [-0.25, -0.2) is 15.0 Å². The molecule has 0 atom stereocenters. The molecule has 10 nitrogen and oxygen atoms in total. The Morgan fingerprint density at radius 2 is 1.85 bits per heavy atom. The first kappa shape index (κ1) is 23.0. The number of carbonyl (C=O) groups excluding carboxylic acids is 1. The first-order valence-electron chi connectivity index (χ1n) is 10.5. The van der Waals surface area contributed by atoms with Crippen LogP contribution in [0.15, 0.2) is 12.3 Å². The smallest absolute Gasteiger partial charge is 0.434 e. The van der Waals surface area contributed by atoms with Gasteiger partial charge in [0.25, 0.3) is 0 Å². The quantitative estimate of drug-likeness (QED) is 0.717. The minimum absolute atomic E-state index is 0.00425. The molecule has 2 aliphatic heterocycles. The van der Waals surface area contributed by atoms with Crippen LogP contribution in [0.4, 0.5) is 25.1 Å². The Morgan fingerprint density at radius 3 is 2.48 bits per heavy atom. The van der Waals surface area contributed by atoms with Crippen LogP contribution in [0.1, 0.15) is 25.5 Å². The van der Waals surface area contributed by atoms with Crippen molar-refractivity contribution in [3.63, 3.8) is 0 Å².